The van der Waals surface area contributed by atoms with Crippen molar-refractivity contribution in [1.82, 2.24) is 4.90 Å². The molecule has 0 radical (unpaired) electrons. The Labute approximate surface area is 206 Å². The molecule has 1 aromatic heterocycles. The zero-order chi connectivity index (χ0) is 23.5. The van der Waals surface area contributed by atoms with E-state index in [-0.39, 0.29) is 0 Å². The lowest BCUT2D eigenvalue weighted by Gasteiger charge is -2.40. The number of rotatable bonds is 6. The summed E-state index contributed by atoms with van der Waals surface area (Å²) in [5.74, 6) is 0.684. The monoisotopic (exact) mass is 465 g/mol. The van der Waals surface area contributed by atoms with E-state index < -0.39 is 0 Å². The number of piperazine rings is 1. The van der Waals surface area contributed by atoms with Crippen LogP contribution in [0.15, 0.2) is 41.2 Å². The fourth-order valence-electron chi connectivity index (χ4n) is 6.20. The Morgan fingerprint density at radius 1 is 0.912 bits per heavy atom. The van der Waals surface area contributed by atoms with Gasteiger partial charge in [-0.1, -0.05) is 13.8 Å². The molecule has 0 spiro atoms. The largest absolute Gasteiger partial charge is 0.472 e. The van der Waals surface area contributed by atoms with Gasteiger partial charge in [-0.25, -0.2) is 0 Å². The molecule has 0 bridgehead atoms. The van der Waals surface area contributed by atoms with Crippen LogP contribution in [-0.4, -0.2) is 57.4 Å². The van der Waals surface area contributed by atoms with Gasteiger partial charge in [0.15, 0.2) is 0 Å². The van der Waals surface area contributed by atoms with Crippen LogP contribution in [0, 0.1) is 5.41 Å². The van der Waals surface area contributed by atoms with Gasteiger partial charge in [0.05, 0.1) is 18.6 Å². The molecule has 0 atom stereocenters. The molecule has 0 N–H and O–H groups in total. The van der Waals surface area contributed by atoms with Crippen molar-refractivity contribution in [3.63, 3.8) is 0 Å². The third kappa shape index (κ3) is 5.46. The molecule has 5 heteroatoms. The fourth-order valence-corrected chi connectivity index (χ4v) is 6.20. The lowest BCUT2D eigenvalue weighted by molar-refractivity contribution is 0.0819. The lowest BCUT2D eigenvalue weighted by atomic mass is 9.71. The topological polar surface area (TPSA) is 32.1 Å². The molecule has 186 valence electrons. The van der Waals surface area contributed by atoms with Gasteiger partial charge >= 0.3 is 0 Å². The van der Waals surface area contributed by atoms with Gasteiger partial charge in [0.2, 0.25) is 0 Å². The highest BCUT2D eigenvalue weighted by Gasteiger charge is 2.31. The highest BCUT2D eigenvalue weighted by Crippen LogP contribution is 2.46. The third-order valence-corrected chi connectivity index (χ3v) is 8.63. The molecule has 3 aliphatic rings. The zero-order valence-corrected chi connectivity index (χ0v) is 21.5. The van der Waals surface area contributed by atoms with Gasteiger partial charge in [-0.15, -0.1) is 0 Å². The Bertz CT molecular complexity index is 899. The Hall–Kier alpha value is -1.98. The molecule has 3 fully saturated rings. The zero-order valence-electron chi connectivity index (χ0n) is 21.5. The van der Waals surface area contributed by atoms with Crippen molar-refractivity contribution in [3.05, 3.63) is 47.9 Å². The molecule has 5 rings (SSSR count). The minimum Gasteiger partial charge on any atom is -0.472 e. The summed E-state index contributed by atoms with van der Waals surface area (Å²) in [5, 5.41) is 0. The van der Waals surface area contributed by atoms with Crippen LogP contribution in [-0.2, 0) is 11.3 Å². The molecule has 2 saturated heterocycles. The van der Waals surface area contributed by atoms with Gasteiger partial charge in [-0.2, -0.15) is 0 Å². The van der Waals surface area contributed by atoms with Crippen LogP contribution in [0.4, 0.5) is 11.4 Å². The standard InChI is InChI=1S/C29H43N3O2/c1-29(2)11-6-24(7-12-29)27-20-25(31-13-8-26(33-3)9-14-31)4-5-28(27)32-17-15-30(16-18-32)21-23-10-19-34-22-23/h4-5,10,19-20,22,24,26H,6-9,11-18,21H2,1-3H3. The summed E-state index contributed by atoms with van der Waals surface area (Å²) in [6.45, 7) is 12.5. The first-order valence-electron chi connectivity index (χ1n) is 13.4. The average Bonchev–Trinajstić information content (AvgIpc) is 3.37. The van der Waals surface area contributed by atoms with Crippen LogP contribution >= 0.6 is 0 Å². The summed E-state index contributed by atoms with van der Waals surface area (Å²) >= 11 is 0. The second-order valence-corrected chi connectivity index (χ2v) is 11.5. The normalized spacial score (nSPS) is 22.9. The minimum atomic E-state index is 0.425. The summed E-state index contributed by atoms with van der Waals surface area (Å²) in [6.07, 6.45) is 11.6. The van der Waals surface area contributed by atoms with Crippen molar-refractivity contribution in [1.29, 1.82) is 0 Å². The average molecular weight is 466 g/mol. The third-order valence-electron chi connectivity index (χ3n) is 8.63. The lowest BCUT2D eigenvalue weighted by Crippen LogP contribution is -2.46. The van der Waals surface area contributed by atoms with E-state index in [4.69, 9.17) is 9.15 Å². The van der Waals surface area contributed by atoms with E-state index in [9.17, 15) is 0 Å². The molecule has 1 saturated carbocycles. The van der Waals surface area contributed by atoms with Crippen LogP contribution in [0.1, 0.15) is 69.4 Å². The molecule has 3 heterocycles. The first-order valence-corrected chi connectivity index (χ1v) is 13.4. The van der Waals surface area contributed by atoms with E-state index in [1.54, 1.807) is 11.8 Å². The Morgan fingerprint density at radius 2 is 1.65 bits per heavy atom. The molecular weight excluding hydrogens is 422 g/mol. The second kappa shape index (κ2) is 10.3. The maximum Gasteiger partial charge on any atom is 0.0947 e. The molecule has 5 nitrogen and oxygen atoms in total. The first kappa shape index (κ1) is 23.7. The van der Waals surface area contributed by atoms with Crippen LogP contribution in [0.3, 0.4) is 0 Å². The number of methoxy groups -OCH3 is 1. The van der Waals surface area contributed by atoms with Crippen molar-refractivity contribution >= 4 is 11.4 Å². The van der Waals surface area contributed by atoms with Gasteiger partial charge in [0.25, 0.3) is 0 Å². The number of hydrogen-bond donors (Lipinski definition) is 0. The van der Waals surface area contributed by atoms with Gasteiger partial charge < -0.3 is 19.0 Å². The Balaban J connectivity index is 1.32. The second-order valence-electron chi connectivity index (χ2n) is 11.5. The van der Waals surface area contributed by atoms with Crippen molar-refractivity contribution in [2.45, 2.75) is 70.9 Å². The van der Waals surface area contributed by atoms with E-state index in [0.29, 0.717) is 17.4 Å². The van der Waals surface area contributed by atoms with Crippen molar-refractivity contribution in [2.75, 3.05) is 56.2 Å². The summed E-state index contributed by atoms with van der Waals surface area (Å²) in [4.78, 5) is 7.79. The Kier molecular flexibility index (Phi) is 7.22. The molecule has 2 aromatic rings. The van der Waals surface area contributed by atoms with Crippen molar-refractivity contribution < 1.29 is 9.15 Å². The number of furan rings is 1. The maximum atomic E-state index is 5.61. The first-order chi connectivity index (χ1) is 16.5. The van der Waals surface area contributed by atoms with Crippen LogP contribution in [0.25, 0.3) is 0 Å². The van der Waals surface area contributed by atoms with E-state index in [0.717, 1.165) is 58.7 Å². The quantitative estimate of drug-likeness (QED) is 0.530. The van der Waals surface area contributed by atoms with E-state index in [1.807, 2.05) is 13.4 Å². The molecule has 1 aromatic carbocycles. The number of benzene rings is 1. The molecule has 0 unspecified atom stereocenters. The number of ether oxygens (including phenoxy) is 1. The SMILES string of the molecule is COC1CCN(c2ccc(N3CCN(Cc4ccoc4)CC3)c(C3CCC(C)(C)CC3)c2)CC1. The van der Waals surface area contributed by atoms with E-state index in [1.165, 1.54) is 42.6 Å². The number of nitrogens with zero attached hydrogens (tertiary/aromatic N) is 3. The van der Waals surface area contributed by atoms with Crippen molar-refractivity contribution in [2.24, 2.45) is 5.41 Å². The predicted molar refractivity (Wildman–Crippen MR) is 140 cm³/mol. The molecular formula is C29H43N3O2. The molecule has 2 aliphatic heterocycles. The number of piperidine rings is 1. The van der Waals surface area contributed by atoms with Gasteiger partial charge in [-0.05, 0) is 79.7 Å². The van der Waals surface area contributed by atoms with E-state index in [2.05, 4.69) is 52.8 Å². The van der Waals surface area contributed by atoms with Crippen LogP contribution in [0.2, 0.25) is 0 Å². The van der Waals surface area contributed by atoms with Crippen LogP contribution in [0.5, 0.6) is 0 Å². The number of anilines is 2. The predicted octanol–water partition coefficient (Wildman–Crippen LogP) is 5.90. The van der Waals surface area contributed by atoms with E-state index >= 15 is 0 Å². The summed E-state index contributed by atoms with van der Waals surface area (Å²) in [6, 6.07) is 9.47. The summed E-state index contributed by atoms with van der Waals surface area (Å²) in [7, 11) is 1.85. The molecule has 1 aliphatic carbocycles. The number of hydrogen-bond acceptors (Lipinski definition) is 5. The smallest absolute Gasteiger partial charge is 0.0947 e. The van der Waals surface area contributed by atoms with Gasteiger partial charge in [-0.3, -0.25) is 4.90 Å². The molecule has 34 heavy (non-hydrogen) atoms. The van der Waals surface area contributed by atoms with Crippen molar-refractivity contribution in [3.8, 4) is 0 Å². The highest BCUT2D eigenvalue weighted by molar-refractivity contribution is 5.63. The molecule has 0 amide bonds. The van der Waals surface area contributed by atoms with Gasteiger partial charge in [0, 0.05) is 69.9 Å². The minimum absolute atomic E-state index is 0.425. The Morgan fingerprint density at radius 3 is 2.29 bits per heavy atom. The van der Waals surface area contributed by atoms with Crippen LogP contribution < -0.4 is 9.80 Å². The maximum absolute atomic E-state index is 5.61. The fraction of sp³-hybridized carbons (Fsp3) is 0.655. The highest BCUT2D eigenvalue weighted by atomic mass is 16.5. The van der Waals surface area contributed by atoms with Gasteiger partial charge in [0.1, 0.15) is 0 Å². The summed E-state index contributed by atoms with van der Waals surface area (Å²) in [5.41, 5.74) is 6.28. The summed E-state index contributed by atoms with van der Waals surface area (Å²) < 4.78 is 10.9.